The minimum atomic E-state index is 0. The van der Waals surface area contributed by atoms with E-state index in [1.54, 1.807) is 0 Å². The predicted octanol–water partition coefficient (Wildman–Crippen LogP) is -0.238. The van der Waals surface area contributed by atoms with E-state index in [9.17, 15) is 0 Å². The van der Waals surface area contributed by atoms with Gasteiger partial charge >= 0.3 is 39.9 Å². The molecule has 2 nitrogen and oxygen atoms in total. The Bertz CT molecular complexity index is 6.00. The van der Waals surface area contributed by atoms with Crippen molar-refractivity contribution in [1.82, 2.24) is 0 Å². The average Bonchev–Trinajstić information content (AvgIpc) is 0. The monoisotopic (exact) mass is 502 g/mol. The Morgan fingerprint density at radius 1 is 0.750 bits per heavy atom. The van der Waals surface area contributed by atoms with Crippen LogP contribution in [-0.2, 0) is 11.0 Å². The van der Waals surface area contributed by atoms with Crippen LogP contribution in [0.25, 0.3) is 0 Å². The van der Waals surface area contributed by atoms with Crippen LogP contribution in [0.5, 0.6) is 0 Å². The number of rotatable bonds is 0. The summed E-state index contributed by atoms with van der Waals surface area (Å²) in [6, 6.07) is 0. The van der Waals surface area contributed by atoms with Crippen molar-refractivity contribution in [3.8, 4) is 0 Å². The van der Waals surface area contributed by atoms with Crippen LogP contribution in [0, 0.1) is 71.1 Å². The fourth-order valence-electron chi connectivity index (χ4n) is 0. The second-order valence-corrected chi connectivity index (χ2v) is 0. The minimum absolute atomic E-state index is 0. The summed E-state index contributed by atoms with van der Waals surface area (Å²) in [6.45, 7) is 0. The summed E-state index contributed by atoms with van der Waals surface area (Å²) in [6.07, 6.45) is 0. The summed E-state index contributed by atoms with van der Waals surface area (Å²) in [5.74, 6) is 0. The van der Waals surface area contributed by atoms with Gasteiger partial charge in [-0.1, -0.05) is 0 Å². The van der Waals surface area contributed by atoms with Crippen LogP contribution in [-0.4, -0.2) is 0 Å². The van der Waals surface area contributed by atoms with Crippen molar-refractivity contribution in [1.29, 1.82) is 0 Å². The van der Waals surface area contributed by atoms with Crippen LogP contribution in [0.1, 0.15) is 0 Å². The van der Waals surface area contributed by atoms with Gasteiger partial charge in [-0.15, -0.1) is 0 Å². The largest absolute Gasteiger partial charge is 4.00 e. The summed E-state index contributed by atoms with van der Waals surface area (Å²) in [4.78, 5) is 0. The van der Waals surface area contributed by atoms with Crippen LogP contribution in [0.4, 0.5) is 0 Å². The molecule has 0 fully saturated rings. The fourth-order valence-corrected chi connectivity index (χ4v) is 0. The van der Waals surface area contributed by atoms with Crippen molar-refractivity contribution >= 4 is 0 Å². The molecule has 0 unspecified atom stereocenters. The van der Waals surface area contributed by atoms with Crippen molar-refractivity contribution < 1.29 is 82.0 Å². The maximum absolute atomic E-state index is 0. The second kappa shape index (κ2) is 18.5. The molecule has 0 amide bonds. The average molecular weight is 502 g/mol. The third-order valence-electron chi connectivity index (χ3n) is 0. The van der Waals surface area contributed by atoms with Gasteiger partial charge in [-0.05, 0) is 0 Å². The van der Waals surface area contributed by atoms with Crippen molar-refractivity contribution in [2.24, 2.45) is 0 Å². The molecule has 0 saturated heterocycles. The van der Waals surface area contributed by atoms with Crippen LogP contribution >= 0.6 is 0 Å². The zero-order valence-corrected chi connectivity index (χ0v) is 10.1. The molecule has 0 N–H and O–H groups in total. The van der Waals surface area contributed by atoms with E-state index in [0.717, 1.165) is 0 Å². The minimum Gasteiger partial charge on any atom is -2.00 e. The first kappa shape index (κ1) is 33.5. The van der Waals surface area contributed by atoms with Gasteiger partial charge in [-0.3, -0.25) is 0 Å². The van der Waals surface area contributed by atoms with E-state index in [-0.39, 0.29) is 82.0 Å². The zero-order valence-electron chi connectivity index (χ0n) is 1.82. The van der Waals surface area contributed by atoms with Gasteiger partial charge in [0.2, 0.25) is 0 Å². The van der Waals surface area contributed by atoms with Gasteiger partial charge in [0.1, 0.15) is 0 Å². The molecule has 0 aromatic heterocycles. The molecule has 0 spiro atoms. The molecule has 0 rings (SSSR count). The Balaban J connectivity index is 0. The fraction of sp³-hybridized carbons (Fsp3) is 0. The molecule has 4 heteroatoms. The van der Waals surface area contributed by atoms with Crippen molar-refractivity contribution in [3.05, 3.63) is 0 Å². The van der Waals surface area contributed by atoms with Gasteiger partial charge in [0.25, 0.3) is 0 Å². The van der Waals surface area contributed by atoms with Gasteiger partial charge in [0.05, 0.1) is 0 Å². The Labute approximate surface area is 80.4 Å². The van der Waals surface area contributed by atoms with Crippen LogP contribution in [0.3, 0.4) is 0 Å². The first-order valence-corrected chi connectivity index (χ1v) is 0. The molecule has 0 atom stereocenters. The molecule has 0 aliphatic heterocycles. The Morgan fingerprint density at radius 2 is 0.750 bits per heavy atom. The third kappa shape index (κ3) is 8.85. The molecular formula is O2ThU. The summed E-state index contributed by atoms with van der Waals surface area (Å²) in [7, 11) is 0. The molecule has 0 bridgehead atoms. The van der Waals surface area contributed by atoms with Crippen LogP contribution < -0.4 is 0 Å². The maximum Gasteiger partial charge on any atom is 4.00 e. The molecule has 0 saturated carbocycles. The molecule has 0 aliphatic carbocycles. The van der Waals surface area contributed by atoms with Gasteiger partial charge < -0.3 is 11.0 Å². The van der Waals surface area contributed by atoms with Gasteiger partial charge in [-0.2, -0.15) is 0 Å². The molecule has 0 aromatic rings. The second-order valence-electron chi connectivity index (χ2n) is 0. The summed E-state index contributed by atoms with van der Waals surface area (Å²) < 4.78 is 0. The zero-order chi connectivity index (χ0) is 0. The van der Waals surface area contributed by atoms with E-state index in [0.29, 0.717) is 0 Å². The number of hydrogen-bond acceptors (Lipinski definition) is 0. The SMILES string of the molecule is [O-2].[O-2].[Th+4].[U]. The number of hydrogen-bond donors (Lipinski definition) is 0. The first-order valence-electron chi connectivity index (χ1n) is 0. The van der Waals surface area contributed by atoms with Crippen molar-refractivity contribution in [2.75, 3.05) is 0 Å². The van der Waals surface area contributed by atoms with E-state index >= 15 is 0 Å². The summed E-state index contributed by atoms with van der Waals surface area (Å²) in [5.41, 5.74) is 0. The standard InChI is InChI=1S/2O.Th.U/q2*-2;+4;. The molecule has 0 radical (unpaired) electrons. The van der Waals surface area contributed by atoms with E-state index in [2.05, 4.69) is 0 Å². The topological polar surface area (TPSA) is 57.0 Å². The van der Waals surface area contributed by atoms with Crippen molar-refractivity contribution in [2.45, 2.75) is 0 Å². The molecule has 0 aliphatic rings. The molecule has 4 heavy (non-hydrogen) atoms. The van der Waals surface area contributed by atoms with Gasteiger partial charge in [0, 0.05) is 31.1 Å². The normalized spacial score (nSPS) is 0. The van der Waals surface area contributed by atoms with Gasteiger partial charge in [0.15, 0.2) is 0 Å². The van der Waals surface area contributed by atoms with E-state index in [1.807, 2.05) is 0 Å². The predicted molar refractivity (Wildman–Crippen MR) is 1.37 cm³/mol. The summed E-state index contributed by atoms with van der Waals surface area (Å²) in [5, 5.41) is 0. The molecular weight excluding hydrogens is 502 g/mol. The third-order valence-corrected chi connectivity index (χ3v) is 0. The van der Waals surface area contributed by atoms with Crippen LogP contribution in [0.2, 0.25) is 0 Å². The van der Waals surface area contributed by atoms with Gasteiger partial charge in [-0.25, -0.2) is 0 Å². The van der Waals surface area contributed by atoms with Crippen molar-refractivity contribution in [3.63, 3.8) is 0 Å². The molecule has 0 aromatic carbocycles. The smallest absolute Gasteiger partial charge is 2.00 e. The quantitative estimate of drug-likeness (QED) is 0.440. The molecule has 0 heterocycles. The maximum atomic E-state index is 0. The Morgan fingerprint density at radius 3 is 0.750 bits per heavy atom. The van der Waals surface area contributed by atoms with E-state index in [4.69, 9.17) is 0 Å². The Hall–Kier alpha value is 2.30. The first-order chi connectivity index (χ1) is 0. The molecule has 20 valence electrons. The van der Waals surface area contributed by atoms with Crippen LogP contribution in [0.15, 0.2) is 0 Å². The Kier molecular flexibility index (Phi) is 155. The summed E-state index contributed by atoms with van der Waals surface area (Å²) >= 11 is 0. The van der Waals surface area contributed by atoms with E-state index in [1.165, 1.54) is 0 Å². The van der Waals surface area contributed by atoms with E-state index < -0.39 is 0 Å².